The molecule has 1 unspecified atom stereocenters. The van der Waals surface area contributed by atoms with E-state index < -0.39 is 11.9 Å². The Morgan fingerprint density at radius 1 is 1.21 bits per heavy atom. The first kappa shape index (κ1) is 21.8. The molecule has 0 spiro atoms. The molecule has 1 saturated carbocycles. The Bertz CT molecular complexity index is 1310. The molecule has 0 saturated heterocycles. The van der Waals surface area contributed by atoms with E-state index in [9.17, 15) is 18.3 Å². The van der Waals surface area contributed by atoms with Crippen LogP contribution in [0.5, 0.6) is 0 Å². The smallest absolute Gasteiger partial charge is 0.433 e. The van der Waals surface area contributed by atoms with Crippen molar-refractivity contribution in [3.63, 3.8) is 0 Å². The third kappa shape index (κ3) is 4.55. The third-order valence-corrected chi connectivity index (χ3v) is 6.97. The monoisotopic (exact) mass is 471 g/mol. The first-order valence-corrected chi connectivity index (χ1v) is 11.7. The lowest BCUT2D eigenvalue weighted by Gasteiger charge is -2.30. The number of nitrogens with one attached hydrogen (secondary N) is 2. The van der Waals surface area contributed by atoms with Crippen LogP contribution in [0, 0.1) is 6.92 Å². The van der Waals surface area contributed by atoms with Crippen LogP contribution in [-0.2, 0) is 6.18 Å². The molecular formula is C24H22F3N4OS-. The van der Waals surface area contributed by atoms with Gasteiger partial charge >= 0.3 is 6.18 Å². The Morgan fingerprint density at radius 3 is 2.82 bits per heavy atom. The van der Waals surface area contributed by atoms with Crippen molar-refractivity contribution in [3.8, 4) is 0 Å². The van der Waals surface area contributed by atoms with Crippen molar-refractivity contribution in [2.45, 2.75) is 50.9 Å². The summed E-state index contributed by atoms with van der Waals surface area (Å²) in [4.78, 5) is 12.5. The van der Waals surface area contributed by atoms with Crippen LogP contribution in [0.3, 0.4) is 0 Å². The SMILES string of the molecule is Cc1cc2[nH]c(C([O-])=NC3CCC[C@H](Nc4cc(C(F)(F)F)nc5ccccc45)C3)cc2s1. The van der Waals surface area contributed by atoms with Gasteiger partial charge < -0.3 is 15.4 Å². The number of hydrogen-bond acceptors (Lipinski definition) is 5. The average Bonchev–Trinajstić information content (AvgIpc) is 3.31. The standard InChI is InChI=1S/C24H23F3N4OS/c1-13-9-19-21(33-13)11-20(30-19)23(32)29-15-6-4-5-14(10-15)28-18-12-22(24(25,26)27)31-17-8-3-2-7-16(17)18/h2-3,7-9,11-12,14-15,30H,4-6,10H2,1H3,(H,28,31)(H,29,32)/p-1/t14-,15?/m0/s1. The number of hydrogen-bond donors (Lipinski definition) is 2. The Labute approximate surface area is 192 Å². The number of pyridine rings is 1. The molecule has 2 atom stereocenters. The fourth-order valence-corrected chi connectivity index (χ4v) is 5.39. The molecule has 2 N–H and O–H groups in total. The van der Waals surface area contributed by atoms with E-state index in [1.165, 1.54) is 4.88 Å². The number of thiophene rings is 1. The first-order valence-electron chi connectivity index (χ1n) is 10.8. The zero-order chi connectivity index (χ0) is 23.2. The van der Waals surface area contributed by atoms with Crippen molar-refractivity contribution in [1.29, 1.82) is 0 Å². The Balaban J connectivity index is 1.36. The van der Waals surface area contributed by atoms with Gasteiger partial charge in [-0.3, -0.25) is 4.99 Å². The maximum Gasteiger partial charge on any atom is 0.433 e. The first-order chi connectivity index (χ1) is 15.8. The maximum atomic E-state index is 13.4. The van der Waals surface area contributed by atoms with Crippen LogP contribution in [0.4, 0.5) is 18.9 Å². The third-order valence-electron chi connectivity index (χ3n) is 5.97. The van der Waals surface area contributed by atoms with E-state index in [1.807, 2.05) is 19.1 Å². The van der Waals surface area contributed by atoms with Gasteiger partial charge in [-0.15, -0.1) is 11.3 Å². The van der Waals surface area contributed by atoms with Gasteiger partial charge in [0.25, 0.3) is 0 Å². The Kier molecular flexibility index (Phi) is 5.52. The predicted molar refractivity (Wildman–Crippen MR) is 124 cm³/mol. The number of H-pyrrole nitrogens is 1. The van der Waals surface area contributed by atoms with Gasteiger partial charge in [-0.2, -0.15) is 13.2 Å². The van der Waals surface area contributed by atoms with E-state index in [1.54, 1.807) is 35.6 Å². The fraction of sp³-hybridized carbons (Fsp3) is 0.333. The second kappa shape index (κ2) is 8.37. The van der Waals surface area contributed by atoms with Crippen molar-refractivity contribution in [2.24, 2.45) is 4.99 Å². The summed E-state index contributed by atoms with van der Waals surface area (Å²) in [7, 11) is 0. The van der Waals surface area contributed by atoms with Crippen LogP contribution in [0.1, 0.15) is 41.9 Å². The molecular weight excluding hydrogens is 449 g/mol. The van der Waals surface area contributed by atoms with E-state index in [4.69, 9.17) is 0 Å². The molecule has 5 nitrogen and oxygen atoms in total. The number of aromatic amines is 1. The molecule has 4 aromatic rings. The highest BCUT2D eigenvalue weighted by atomic mass is 32.1. The summed E-state index contributed by atoms with van der Waals surface area (Å²) in [6.45, 7) is 2.02. The zero-order valence-electron chi connectivity index (χ0n) is 17.9. The fourth-order valence-electron chi connectivity index (χ4n) is 4.47. The topological polar surface area (TPSA) is 76.1 Å². The number of anilines is 1. The summed E-state index contributed by atoms with van der Waals surface area (Å²) in [6, 6.07) is 11.4. The van der Waals surface area contributed by atoms with Gasteiger partial charge in [0.05, 0.1) is 27.5 Å². The number of rotatable bonds is 4. The van der Waals surface area contributed by atoms with Gasteiger partial charge in [0.1, 0.15) is 5.69 Å². The lowest BCUT2D eigenvalue weighted by atomic mass is 9.91. The number of aromatic nitrogens is 2. The number of para-hydroxylation sites is 1. The van der Waals surface area contributed by atoms with E-state index >= 15 is 0 Å². The van der Waals surface area contributed by atoms with Gasteiger partial charge in [-0.25, -0.2) is 4.98 Å². The van der Waals surface area contributed by atoms with Crippen LogP contribution in [-0.4, -0.2) is 27.9 Å². The highest BCUT2D eigenvalue weighted by molar-refractivity contribution is 7.19. The van der Waals surface area contributed by atoms with Gasteiger partial charge in [-0.1, -0.05) is 18.2 Å². The number of benzene rings is 1. The molecule has 172 valence electrons. The van der Waals surface area contributed by atoms with Crippen LogP contribution < -0.4 is 10.4 Å². The maximum absolute atomic E-state index is 13.4. The molecule has 1 aliphatic carbocycles. The van der Waals surface area contributed by atoms with Gasteiger partial charge in [0, 0.05) is 27.9 Å². The molecule has 1 aliphatic rings. The highest BCUT2D eigenvalue weighted by Gasteiger charge is 2.33. The Morgan fingerprint density at radius 2 is 2.03 bits per heavy atom. The number of fused-ring (bicyclic) bond motifs is 2. The molecule has 33 heavy (non-hydrogen) atoms. The molecule has 0 aliphatic heterocycles. The van der Waals surface area contributed by atoms with Crippen LogP contribution >= 0.6 is 11.3 Å². The highest BCUT2D eigenvalue weighted by Crippen LogP contribution is 2.34. The number of alkyl halides is 3. The second-order valence-electron chi connectivity index (χ2n) is 8.48. The minimum Gasteiger partial charge on any atom is -0.857 e. The van der Waals surface area contributed by atoms with Crippen LogP contribution in [0.15, 0.2) is 47.5 Å². The van der Waals surface area contributed by atoms with Crippen LogP contribution in [0.25, 0.3) is 21.1 Å². The number of halogens is 3. The van der Waals surface area contributed by atoms with Crippen molar-refractivity contribution in [1.82, 2.24) is 9.97 Å². The summed E-state index contributed by atoms with van der Waals surface area (Å²) in [5.41, 5.74) is 1.19. The largest absolute Gasteiger partial charge is 0.857 e. The molecule has 1 fully saturated rings. The van der Waals surface area contributed by atoms with Crippen molar-refractivity contribution in [2.75, 3.05) is 5.32 Å². The summed E-state index contributed by atoms with van der Waals surface area (Å²) in [5.74, 6) is -0.282. The van der Waals surface area contributed by atoms with Gasteiger partial charge in [-0.05, 0) is 56.9 Å². The lowest BCUT2D eigenvalue weighted by Crippen LogP contribution is -2.31. The van der Waals surface area contributed by atoms with Crippen molar-refractivity contribution < 1.29 is 18.3 Å². The zero-order valence-corrected chi connectivity index (χ0v) is 18.7. The van der Waals surface area contributed by atoms with E-state index in [0.717, 1.165) is 35.5 Å². The molecule has 0 radical (unpaired) electrons. The number of nitrogens with zero attached hydrogens (tertiary/aromatic N) is 2. The van der Waals surface area contributed by atoms with E-state index in [-0.39, 0.29) is 18.0 Å². The molecule has 0 amide bonds. The van der Waals surface area contributed by atoms with Crippen molar-refractivity contribution in [3.05, 3.63) is 58.7 Å². The van der Waals surface area contributed by atoms with E-state index in [0.29, 0.717) is 28.7 Å². The van der Waals surface area contributed by atoms with Gasteiger partial charge in [0.15, 0.2) is 0 Å². The lowest BCUT2D eigenvalue weighted by molar-refractivity contribution is -0.214. The van der Waals surface area contributed by atoms with Crippen LogP contribution in [0.2, 0.25) is 0 Å². The Hall–Kier alpha value is -3.07. The number of aliphatic imine (C=N–C) groups is 1. The average molecular weight is 472 g/mol. The molecule has 1 aromatic carbocycles. The second-order valence-corrected chi connectivity index (χ2v) is 9.77. The van der Waals surface area contributed by atoms with Crippen molar-refractivity contribution >= 4 is 44.0 Å². The minimum atomic E-state index is -4.53. The normalized spacial score (nSPS) is 19.9. The van der Waals surface area contributed by atoms with Gasteiger partial charge in [0.2, 0.25) is 0 Å². The number of aryl methyl sites for hydroxylation is 1. The summed E-state index contributed by atoms with van der Waals surface area (Å²) < 4.78 is 41.1. The predicted octanol–water partition coefficient (Wildman–Crippen LogP) is 5.64. The molecule has 9 heteroatoms. The molecule has 0 bridgehead atoms. The summed E-state index contributed by atoms with van der Waals surface area (Å²) >= 11 is 1.62. The van der Waals surface area contributed by atoms with E-state index in [2.05, 4.69) is 20.3 Å². The molecule has 3 heterocycles. The summed E-state index contributed by atoms with van der Waals surface area (Å²) in [5, 5.41) is 16.6. The molecule has 5 rings (SSSR count). The summed E-state index contributed by atoms with van der Waals surface area (Å²) in [6.07, 6.45) is -1.52. The minimum absolute atomic E-state index is 0.0815. The molecule has 3 aromatic heterocycles. The quantitative estimate of drug-likeness (QED) is 0.299.